The van der Waals surface area contributed by atoms with Crippen molar-refractivity contribution < 1.29 is 9.59 Å². The van der Waals surface area contributed by atoms with E-state index < -0.39 is 5.91 Å². The summed E-state index contributed by atoms with van der Waals surface area (Å²) in [5.41, 5.74) is 5.67. The molecule has 0 bridgehead atoms. The molecule has 128 valence electrons. The molecule has 1 aliphatic rings. The molecule has 0 radical (unpaired) electrons. The molecule has 0 aliphatic carbocycles. The fourth-order valence-corrected chi connectivity index (χ4v) is 4.04. The average molecular weight is 346 g/mol. The molecule has 1 fully saturated rings. The molecular weight excluding hydrogens is 324 g/mol. The Balaban J connectivity index is 1.76. The Hall–Kier alpha value is -2.15. The van der Waals surface area contributed by atoms with Crippen LogP contribution in [0, 0.1) is 0 Å². The molecule has 0 aromatic carbocycles. The fourth-order valence-electron chi connectivity index (χ4n) is 3.18. The second-order valence-electron chi connectivity index (χ2n) is 6.46. The van der Waals surface area contributed by atoms with Crippen molar-refractivity contribution in [1.29, 1.82) is 0 Å². The predicted octanol–water partition coefficient (Wildman–Crippen LogP) is 2.64. The number of carbonyl (C=O) groups is 2. The number of nitrogens with zero attached hydrogens (tertiary/aromatic N) is 3. The van der Waals surface area contributed by atoms with Gasteiger partial charge in [0.2, 0.25) is 5.91 Å². The van der Waals surface area contributed by atoms with E-state index in [2.05, 4.69) is 23.4 Å². The summed E-state index contributed by atoms with van der Waals surface area (Å²) in [5, 5.41) is 1.64. The number of amides is 2. The maximum atomic E-state index is 12.7. The first-order chi connectivity index (χ1) is 11.5. The topological polar surface area (TPSA) is 81.2 Å². The molecule has 2 N–H and O–H groups in total. The maximum Gasteiger partial charge on any atom is 0.264 e. The zero-order chi connectivity index (χ0) is 17.3. The number of hydrogen-bond donors (Lipinski definition) is 1. The lowest BCUT2D eigenvalue weighted by atomic mass is 10.0. The zero-order valence-electron chi connectivity index (χ0n) is 13.9. The smallest absolute Gasteiger partial charge is 0.264 e. The third-order valence-corrected chi connectivity index (χ3v) is 5.31. The van der Waals surface area contributed by atoms with Gasteiger partial charge >= 0.3 is 0 Å². The summed E-state index contributed by atoms with van der Waals surface area (Å²) < 4.78 is 2.20. The number of rotatable bonds is 4. The number of thiophene rings is 1. The molecule has 1 aliphatic heterocycles. The van der Waals surface area contributed by atoms with E-state index >= 15 is 0 Å². The van der Waals surface area contributed by atoms with Crippen molar-refractivity contribution in [2.75, 3.05) is 13.1 Å². The number of aromatic nitrogens is 2. The molecule has 7 heteroatoms. The van der Waals surface area contributed by atoms with Crippen LogP contribution in [0.2, 0.25) is 0 Å². The van der Waals surface area contributed by atoms with Crippen LogP contribution in [0.3, 0.4) is 0 Å². The molecule has 1 atom stereocenters. The summed E-state index contributed by atoms with van der Waals surface area (Å²) in [6, 6.07) is 1.84. The largest absolute Gasteiger partial charge is 0.366 e. The number of nitrogens with two attached hydrogens (primary N) is 1. The number of hydrogen-bond acceptors (Lipinski definition) is 4. The van der Waals surface area contributed by atoms with Crippen molar-refractivity contribution in [2.45, 2.75) is 38.6 Å². The first-order valence-corrected chi connectivity index (χ1v) is 9.05. The van der Waals surface area contributed by atoms with Crippen molar-refractivity contribution in [2.24, 2.45) is 5.73 Å². The van der Waals surface area contributed by atoms with E-state index in [-0.39, 0.29) is 11.9 Å². The van der Waals surface area contributed by atoms with Crippen LogP contribution in [0.1, 0.15) is 64.5 Å². The van der Waals surface area contributed by atoms with Crippen LogP contribution in [0.15, 0.2) is 23.8 Å². The number of imidazole rings is 1. The molecule has 2 aromatic heterocycles. The van der Waals surface area contributed by atoms with Crippen LogP contribution in [0.5, 0.6) is 0 Å². The normalized spacial score (nSPS) is 18.1. The van der Waals surface area contributed by atoms with Crippen molar-refractivity contribution in [1.82, 2.24) is 14.5 Å². The highest BCUT2D eigenvalue weighted by atomic mass is 32.1. The predicted molar refractivity (Wildman–Crippen MR) is 93.3 cm³/mol. The summed E-state index contributed by atoms with van der Waals surface area (Å²) in [4.78, 5) is 30.8. The monoisotopic (exact) mass is 346 g/mol. The molecule has 2 amide bonds. The Morgan fingerprint density at radius 3 is 2.88 bits per heavy atom. The second-order valence-corrected chi connectivity index (χ2v) is 7.37. The Bertz CT molecular complexity index is 749. The van der Waals surface area contributed by atoms with Gasteiger partial charge in [0, 0.05) is 36.8 Å². The van der Waals surface area contributed by atoms with Crippen LogP contribution in [0.25, 0.3) is 0 Å². The van der Waals surface area contributed by atoms with E-state index in [1.807, 2.05) is 17.3 Å². The Morgan fingerprint density at radius 1 is 1.42 bits per heavy atom. The van der Waals surface area contributed by atoms with Gasteiger partial charge in [0.15, 0.2) is 0 Å². The molecule has 6 nitrogen and oxygen atoms in total. The summed E-state index contributed by atoms with van der Waals surface area (Å²) >= 11 is 1.28. The molecular formula is C17H22N4O2S. The third kappa shape index (κ3) is 3.21. The van der Waals surface area contributed by atoms with Crippen LogP contribution in [-0.4, -0.2) is 39.4 Å². The minimum Gasteiger partial charge on any atom is -0.366 e. The molecule has 24 heavy (non-hydrogen) atoms. The number of piperidine rings is 1. The zero-order valence-corrected chi connectivity index (χ0v) is 14.8. The van der Waals surface area contributed by atoms with Gasteiger partial charge in [0.25, 0.3) is 5.91 Å². The number of primary amides is 1. The lowest BCUT2D eigenvalue weighted by molar-refractivity contribution is 0.0682. The number of carbonyl (C=O) groups excluding carboxylic acids is 2. The summed E-state index contributed by atoms with van der Waals surface area (Å²) in [7, 11) is 0. The van der Waals surface area contributed by atoms with Crippen LogP contribution < -0.4 is 5.73 Å². The van der Waals surface area contributed by atoms with E-state index in [1.54, 1.807) is 11.4 Å². The van der Waals surface area contributed by atoms with Gasteiger partial charge in [-0.05, 0) is 18.9 Å². The van der Waals surface area contributed by atoms with E-state index in [9.17, 15) is 9.59 Å². The average Bonchev–Trinajstić information content (AvgIpc) is 3.23. The standard InChI is InChI=1S/C17H22N4O2S/c1-11(2)16-19-5-7-21(16)13-4-3-6-20(9-13)17(23)14-8-12(10-24-14)15(18)22/h5,7-8,10-11,13H,3-4,6,9H2,1-2H3,(H2,18,22). The Labute approximate surface area is 145 Å². The van der Waals surface area contributed by atoms with Gasteiger partial charge in [0.05, 0.1) is 16.5 Å². The SMILES string of the molecule is CC(C)c1nccn1C1CCCN(C(=O)c2cc(C(N)=O)cs2)C1. The first kappa shape index (κ1) is 16.7. The minimum atomic E-state index is -0.498. The van der Waals surface area contributed by atoms with Crippen molar-refractivity contribution in [3.63, 3.8) is 0 Å². The highest BCUT2D eigenvalue weighted by molar-refractivity contribution is 7.12. The third-order valence-electron chi connectivity index (χ3n) is 4.39. The molecule has 3 heterocycles. The van der Waals surface area contributed by atoms with Gasteiger partial charge in [-0.2, -0.15) is 0 Å². The molecule has 2 aromatic rings. The molecule has 3 rings (SSSR count). The molecule has 1 unspecified atom stereocenters. The van der Waals surface area contributed by atoms with Gasteiger partial charge in [-0.3, -0.25) is 9.59 Å². The van der Waals surface area contributed by atoms with Crippen molar-refractivity contribution >= 4 is 23.2 Å². The lowest BCUT2D eigenvalue weighted by Gasteiger charge is -2.34. The Morgan fingerprint density at radius 2 is 2.21 bits per heavy atom. The van der Waals surface area contributed by atoms with Gasteiger partial charge in [-0.15, -0.1) is 11.3 Å². The van der Waals surface area contributed by atoms with E-state index in [0.29, 0.717) is 22.9 Å². The van der Waals surface area contributed by atoms with E-state index in [0.717, 1.165) is 25.2 Å². The first-order valence-electron chi connectivity index (χ1n) is 8.17. The van der Waals surface area contributed by atoms with Gasteiger partial charge in [-0.25, -0.2) is 4.98 Å². The van der Waals surface area contributed by atoms with E-state index in [1.165, 1.54) is 11.3 Å². The van der Waals surface area contributed by atoms with Gasteiger partial charge < -0.3 is 15.2 Å². The number of likely N-dealkylation sites (tertiary alicyclic amines) is 1. The van der Waals surface area contributed by atoms with E-state index in [4.69, 9.17) is 5.73 Å². The van der Waals surface area contributed by atoms with Crippen LogP contribution in [-0.2, 0) is 0 Å². The Kier molecular flexibility index (Phi) is 4.71. The molecule has 1 saturated heterocycles. The summed E-state index contributed by atoms with van der Waals surface area (Å²) in [6.45, 7) is 5.66. The maximum absolute atomic E-state index is 12.7. The highest BCUT2D eigenvalue weighted by Gasteiger charge is 2.28. The fraction of sp³-hybridized carbons (Fsp3) is 0.471. The molecule has 0 spiro atoms. The van der Waals surface area contributed by atoms with Crippen LogP contribution >= 0.6 is 11.3 Å². The van der Waals surface area contributed by atoms with Crippen molar-refractivity contribution in [3.8, 4) is 0 Å². The highest BCUT2D eigenvalue weighted by Crippen LogP contribution is 2.27. The minimum absolute atomic E-state index is 0.0246. The summed E-state index contributed by atoms with van der Waals surface area (Å²) in [6.07, 6.45) is 5.83. The van der Waals surface area contributed by atoms with Gasteiger partial charge in [0.1, 0.15) is 5.82 Å². The lowest BCUT2D eigenvalue weighted by Crippen LogP contribution is -2.40. The van der Waals surface area contributed by atoms with Crippen molar-refractivity contribution in [3.05, 3.63) is 40.1 Å². The summed E-state index contributed by atoms with van der Waals surface area (Å²) in [5.74, 6) is 0.883. The second kappa shape index (κ2) is 6.76. The van der Waals surface area contributed by atoms with Gasteiger partial charge in [-0.1, -0.05) is 13.8 Å². The molecule has 0 saturated carbocycles. The quantitative estimate of drug-likeness (QED) is 0.924. The van der Waals surface area contributed by atoms with Crippen LogP contribution in [0.4, 0.5) is 0 Å².